The van der Waals surface area contributed by atoms with E-state index in [4.69, 9.17) is 5.11 Å². The summed E-state index contributed by atoms with van der Waals surface area (Å²) < 4.78 is 47.4. The van der Waals surface area contributed by atoms with Crippen LogP contribution in [0.25, 0.3) is 0 Å². The molecule has 0 heterocycles. The van der Waals surface area contributed by atoms with Gasteiger partial charge in [-0.05, 0) is 20.8 Å². The van der Waals surface area contributed by atoms with Gasteiger partial charge in [0.2, 0.25) is 0 Å². The fraction of sp³-hybridized carbons (Fsp3) is 0.636. The van der Waals surface area contributed by atoms with Gasteiger partial charge in [-0.2, -0.15) is 8.78 Å². The number of esters is 2. The number of nitrogens with one attached hydrogen (secondary N) is 1. The van der Waals surface area contributed by atoms with Crippen LogP contribution in [0.5, 0.6) is 0 Å². The zero-order valence-electron chi connectivity index (χ0n) is 11.2. The molecule has 0 spiro atoms. The van der Waals surface area contributed by atoms with Gasteiger partial charge in [-0.3, -0.25) is 0 Å². The molecule has 0 bridgehead atoms. The van der Waals surface area contributed by atoms with E-state index in [0.29, 0.717) is 13.1 Å². The molecule has 0 aromatic rings. The van der Waals surface area contributed by atoms with Crippen LogP contribution in [0.3, 0.4) is 0 Å². The molecule has 6 nitrogen and oxygen atoms in total. The van der Waals surface area contributed by atoms with Crippen LogP contribution in [0.15, 0.2) is 11.8 Å². The van der Waals surface area contributed by atoms with E-state index in [-0.39, 0.29) is 13.2 Å². The molecule has 20 heavy (non-hydrogen) atoms. The Morgan fingerprint density at radius 1 is 1.15 bits per heavy atom. The maximum Gasteiger partial charge on any atom is 0.405 e. The van der Waals surface area contributed by atoms with Gasteiger partial charge in [0.1, 0.15) is 0 Å². The number of carbonyl (C=O) groups excluding carboxylic acids is 2. The predicted molar refractivity (Wildman–Crippen MR) is 61.2 cm³/mol. The van der Waals surface area contributed by atoms with E-state index < -0.39 is 29.4 Å². The zero-order valence-corrected chi connectivity index (χ0v) is 11.2. The standard InChI is InChI=1S/C11H16F3NO5/c1-4-19-8(16)7(9(17)20-5-2)6-15-10(3,12)11(13,14)18/h6,15,18H,4-5H2,1-3H3/t10-/m1/s1. The lowest BCUT2D eigenvalue weighted by molar-refractivity contribution is -0.283. The SMILES string of the molecule is CCOC(=O)C(=CN[C@@](C)(F)C(O)(F)F)C(=O)OCC. The summed E-state index contributed by atoms with van der Waals surface area (Å²) in [5.74, 6) is -5.93. The normalized spacial score (nSPS) is 13.9. The monoisotopic (exact) mass is 299 g/mol. The molecule has 116 valence electrons. The maximum absolute atomic E-state index is 13.4. The zero-order chi connectivity index (χ0) is 16.0. The van der Waals surface area contributed by atoms with Crippen molar-refractivity contribution in [3.63, 3.8) is 0 Å². The topological polar surface area (TPSA) is 84.9 Å². The first-order valence-corrected chi connectivity index (χ1v) is 5.68. The van der Waals surface area contributed by atoms with Crippen molar-refractivity contribution in [2.24, 2.45) is 0 Å². The highest BCUT2D eigenvalue weighted by molar-refractivity contribution is 6.13. The van der Waals surface area contributed by atoms with Gasteiger partial charge in [0, 0.05) is 6.20 Å². The van der Waals surface area contributed by atoms with Crippen LogP contribution in [0.2, 0.25) is 0 Å². The van der Waals surface area contributed by atoms with E-state index in [1.54, 1.807) is 0 Å². The van der Waals surface area contributed by atoms with Gasteiger partial charge in [0.25, 0.3) is 5.79 Å². The van der Waals surface area contributed by atoms with Crippen LogP contribution < -0.4 is 5.32 Å². The molecule has 0 aliphatic heterocycles. The second-order valence-corrected chi connectivity index (χ2v) is 3.69. The Labute approximate surface area is 113 Å². The third-order valence-corrected chi connectivity index (χ3v) is 2.04. The van der Waals surface area contributed by atoms with E-state index in [9.17, 15) is 22.8 Å². The summed E-state index contributed by atoms with van der Waals surface area (Å²) in [5, 5.41) is 9.76. The fourth-order valence-corrected chi connectivity index (χ4v) is 0.913. The Morgan fingerprint density at radius 3 is 1.85 bits per heavy atom. The summed E-state index contributed by atoms with van der Waals surface area (Å²) in [7, 11) is 0. The molecule has 0 aliphatic rings. The Balaban J connectivity index is 5.18. The highest BCUT2D eigenvalue weighted by Gasteiger charge is 2.49. The quantitative estimate of drug-likeness (QED) is 0.238. The number of halogens is 3. The molecule has 1 atom stereocenters. The highest BCUT2D eigenvalue weighted by Crippen LogP contribution is 2.26. The first kappa shape index (κ1) is 18.2. The number of hydrogen-bond acceptors (Lipinski definition) is 6. The molecule has 0 aliphatic carbocycles. The molecular weight excluding hydrogens is 283 g/mol. The summed E-state index contributed by atoms with van der Waals surface area (Å²) >= 11 is 0. The van der Waals surface area contributed by atoms with Crippen molar-refractivity contribution in [1.29, 1.82) is 0 Å². The first-order valence-electron chi connectivity index (χ1n) is 5.68. The molecule has 0 saturated carbocycles. The van der Waals surface area contributed by atoms with Crippen molar-refractivity contribution in [3.05, 3.63) is 11.8 Å². The average molecular weight is 299 g/mol. The lowest BCUT2D eigenvalue weighted by Crippen LogP contribution is -2.51. The van der Waals surface area contributed by atoms with E-state index in [2.05, 4.69) is 9.47 Å². The molecule has 9 heteroatoms. The second kappa shape index (κ2) is 7.13. The van der Waals surface area contributed by atoms with Crippen LogP contribution in [0.4, 0.5) is 13.2 Å². The number of alkyl halides is 3. The van der Waals surface area contributed by atoms with E-state index >= 15 is 0 Å². The fourth-order valence-electron chi connectivity index (χ4n) is 0.913. The average Bonchev–Trinajstić information content (AvgIpc) is 2.28. The van der Waals surface area contributed by atoms with Gasteiger partial charge in [0.15, 0.2) is 5.57 Å². The van der Waals surface area contributed by atoms with Crippen molar-refractivity contribution in [2.75, 3.05) is 13.2 Å². The molecule has 0 fully saturated rings. The number of ether oxygens (including phenoxy) is 2. The molecule has 0 aromatic heterocycles. The summed E-state index contributed by atoms with van der Waals surface area (Å²) in [4.78, 5) is 22.8. The largest absolute Gasteiger partial charge is 0.462 e. The molecule has 0 unspecified atom stereocenters. The summed E-state index contributed by atoms with van der Waals surface area (Å²) in [5.41, 5.74) is -0.804. The van der Waals surface area contributed by atoms with Crippen LogP contribution in [-0.4, -0.2) is 42.2 Å². The molecule has 0 saturated heterocycles. The van der Waals surface area contributed by atoms with Gasteiger partial charge < -0.3 is 19.9 Å². The Hall–Kier alpha value is -1.77. The van der Waals surface area contributed by atoms with Gasteiger partial charge in [-0.25, -0.2) is 14.0 Å². The maximum atomic E-state index is 13.4. The predicted octanol–water partition coefficient (Wildman–Crippen LogP) is 0.857. The van der Waals surface area contributed by atoms with Crippen molar-refractivity contribution in [2.45, 2.75) is 32.7 Å². The van der Waals surface area contributed by atoms with Crippen molar-refractivity contribution in [1.82, 2.24) is 5.32 Å². The second-order valence-electron chi connectivity index (χ2n) is 3.69. The third-order valence-electron chi connectivity index (χ3n) is 2.04. The molecular formula is C11H16F3NO5. The van der Waals surface area contributed by atoms with Crippen molar-refractivity contribution < 1.29 is 37.3 Å². The molecule has 0 amide bonds. The van der Waals surface area contributed by atoms with Gasteiger partial charge in [-0.1, -0.05) is 0 Å². The third kappa shape index (κ3) is 5.08. The Bertz CT molecular complexity index is 370. The van der Waals surface area contributed by atoms with Crippen LogP contribution in [-0.2, 0) is 19.1 Å². The minimum atomic E-state index is -4.72. The Kier molecular flexibility index (Phi) is 6.50. The first-order chi connectivity index (χ1) is 9.06. The lowest BCUT2D eigenvalue weighted by atomic mass is 10.2. The number of hydrogen-bond donors (Lipinski definition) is 2. The minimum Gasteiger partial charge on any atom is -0.462 e. The summed E-state index contributed by atoms with van der Waals surface area (Å²) in [6, 6.07) is 0. The highest BCUT2D eigenvalue weighted by atomic mass is 19.3. The van der Waals surface area contributed by atoms with Gasteiger partial charge in [0.05, 0.1) is 13.2 Å². The van der Waals surface area contributed by atoms with E-state index in [0.717, 1.165) is 0 Å². The number of aliphatic hydroxyl groups is 1. The lowest BCUT2D eigenvalue weighted by Gasteiger charge is -2.25. The van der Waals surface area contributed by atoms with Crippen molar-refractivity contribution >= 4 is 11.9 Å². The van der Waals surface area contributed by atoms with Crippen molar-refractivity contribution in [3.8, 4) is 0 Å². The minimum absolute atomic E-state index is 0.0847. The van der Waals surface area contributed by atoms with Crippen LogP contribution in [0, 0.1) is 0 Å². The molecule has 0 aromatic carbocycles. The van der Waals surface area contributed by atoms with Crippen LogP contribution in [0.1, 0.15) is 20.8 Å². The molecule has 0 rings (SSSR count). The molecule has 2 N–H and O–H groups in total. The van der Waals surface area contributed by atoms with Gasteiger partial charge >= 0.3 is 18.0 Å². The number of carbonyl (C=O) groups is 2. The van der Waals surface area contributed by atoms with E-state index in [1.165, 1.54) is 19.2 Å². The van der Waals surface area contributed by atoms with Crippen LogP contribution >= 0.6 is 0 Å². The number of rotatable bonds is 7. The van der Waals surface area contributed by atoms with Gasteiger partial charge in [-0.15, -0.1) is 0 Å². The molecule has 0 radical (unpaired) electrons. The smallest absolute Gasteiger partial charge is 0.405 e. The summed E-state index contributed by atoms with van der Waals surface area (Å²) in [6.07, 6.45) is -4.35. The Morgan fingerprint density at radius 2 is 1.55 bits per heavy atom. The summed E-state index contributed by atoms with van der Waals surface area (Å²) in [6.45, 7) is 3.07. The van der Waals surface area contributed by atoms with E-state index in [1.807, 2.05) is 0 Å².